The van der Waals surface area contributed by atoms with Gasteiger partial charge in [-0.1, -0.05) is 52.9 Å². The van der Waals surface area contributed by atoms with Gasteiger partial charge in [-0.25, -0.2) is 4.57 Å². The van der Waals surface area contributed by atoms with Crippen LogP contribution in [0.25, 0.3) is 5.76 Å². The number of likely N-dealkylation sites (tertiary alicyclic amines) is 1. The van der Waals surface area contributed by atoms with Crippen molar-refractivity contribution in [3.05, 3.63) is 88.4 Å². The standard InChI is InChI=1S/C26H26BrN3O4/c1-2-15-34-21-6-3-5-19(16-21)23-22(24(31)18-7-9-20(27)10-8-18)25(32)26(33)30(23)13-4-12-29-14-11-28-17-29/h3,5-11,14,16-17,23H,2,4,12-13,15H2,1H3,(H,31,32). The number of imidazole rings is 1. The van der Waals surface area contributed by atoms with E-state index in [1.54, 1.807) is 24.3 Å². The second-order valence-corrected chi connectivity index (χ2v) is 9.02. The number of aromatic nitrogens is 2. The summed E-state index contributed by atoms with van der Waals surface area (Å²) in [7, 11) is 0. The summed E-state index contributed by atoms with van der Waals surface area (Å²) in [5.74, 6) is -1.18. The van der Waals surface area contributed by atoms with E-state index in [2.05, 4.69) is 20.9 Å². The fourth-order valence-electron chi connectivity index (χ4n) is 4.08. The molecule has 2 heterocycles. The number of ketones is 1. The van der Waals surface area contributed by atoms with Crippen molar-refractivity contribution in [3.63, 3.8) is 0 Å². The summed E-state index contributed by atoms with van der Waals surface area (Å²) in [5.41, 5.74) is 1.03. The normalized spacial score (nSPS) is 17.4. The molecular weight excluding hydrogens is 498 g/mol. The molecule has 4 rings (SSSR count). The smallest absolute Gasteiger partial charge is 0.295 e. The third-order valence-corrected chi connectivity index (χ3v) is 6.23. The Balaban J connectivity index is 1.73. The number of nitrogens with one attached hydrogen (secondary N) is 1. The molecule has 0 radical (unpaired) electrons. The molecule has 1 N–H and O–H groups in total. The van der Waals surface area contributed by atoms with Gasteiger partial charge >= 0.3 is 0 Å². The maximum absolute atomic E-state index is 13.5. The molecule has 34 heavy (non-hydrogen) atoms. The summed E-state index contributed by atoms with van der Waals surface area (Å²) in [4.78, 5) is 30.7. The van der Waals surface area contributed by atoms with Gasteiger partial charge in [0.05, 0.1) is 19.2 Å². The Hall–Kier alpha value is -3.39. The summed E-state index contributed by atoms with van der Waals surface area (Å²) in [5, 5.41) is 13.5. The quantitative estimate of drug-likeness (QED) is 0.202. The Kier molecular flexibility index (Phi) is 7.47. The van der Waals surface area contributed by atoms with Crippen LogP contribution in [0.1, 0.15) is 36.9 Å². The Bertz CT molecular complexity index is 1190. The van der Waals surface area contributed by atoms with Crippen LogP contribution in [0.4, 0.5) is 0 Å². The van der Waals surface area contributed by atoms with Crippen molar-refractivity contribution in [2.24, 2.45) is 0 Å². The number of hydrogen-bond donors (Lipinski definition) is 1. The van der Waals surface area contributed by atoms with E-state index in [-0.39, 0.29) is 5.57 Å². The molecule has 1 aliphatic heterocycles. The minimum absolute atomic E-state index is 0.0192. The molecule has 1 unspecified atom stereocenters. The van der Waals surface area contributed by atoms with Crippen molar-refractivity contribution in [2.75, 3.05) is 13.2 Å². The number of hydrogen-bond acceptors (Lipinski definition) is 4. The second-order valence-electron chi connectivity index (χ2n) is 8.10. The van der Waals surface area contributed by atoms with Crippen LogP contribution in [-0.4, -0.2) is 34.7 Å². The minimum Gasteiger partial charge on any atom is -0.872 e. The molecule has 8 heteroatoms. The Labute approximate surface area is 206 Å². The number of ether oxygens (including phenoxy) is 1. The van der Waals surface area contributed by atoms with Crippen molar-refractivity contribution in [1.29, 1.82) is 0 Å². The number of aryl methyl sites for hydroxylation is 1. The zero-order valence-electron chi connectivity index (χ0n) is 18.9. The third kappa shape index (κ3) is 5.07. The number of halogens is 1. The monoisotopic (exact) mass is 523 g/mol. The van der Waals surface area contributed by atoms with E-state index in [0.29, 0.717) is 43.0 Å². The van der Waals surface area contributed by atoms with Crippen LogP contribution in [-0.2, 0) is 16.1 Å². The highest BCUT2D eigenvalue weighted by Gasteiger charge is 2.44. The van der Waals surface area contributed by atoms with Gasteiger partial charge in [0.25, 0.3) is 5.91 Å². The number of Topliss-reactive ketones (excluding diaryl/α,β-unsaturated/α-hetero) is 1. The number of carbonyl (C=O) groups excluding carboxylic acids is 2. The zero-order chi connectivity index (χ0) is 24.1. The van der Waals surface area contributed by atoms with Crippen molar-refractivity contribution < 1.29 is 24.0 Å². The number of aromatic amines is 1. The zero-order valence-corrected chi connectivity index (χ0v) is 20.5. The number of rotatable bonds is 9. The maximum atomic E-state index is 13.5. The lowest BCUT2D eigenvalue weighted by Gasteiger charge is -2.27. The van der Waals surface area contributed by atoms with E-state index in [9.17, 15) is 14.7 Å². The predicted molar refractivity (Wildman–Crippen MR) is 128 cm³/mol. The minimum atomic E-state index is -0.766. The molecule has 0 saturated carbocycles. The molecule has 1 aliphatic rings. The van der Waals surface area contributed by atoms with Gasteiger partial charge in [0.2, 0.25) is 12.1 Å². The molecule has 1 saturated heterocycles. The van der Waals surface area contributed by atoms with Gasteiger partial charge in [-0.05, 0) is 41.8 Å². The molecule has 0 spiro atoms. The lowest BCUT2D eigenvalue weighted by molar-refractivity contribution is -0.695. The molecule has 1 aromatic heterocycles. The number of nitrogens with zero attached hydrogens (tertiary/aromatic N) is 2. The lowest BCUT2D eigenvalue weighted by Crippen LogP contribution is -2.36. The van der Waals surface area contributed by atoms with Crippen LogP contribution in [0.2, 0.25) is 0 Å². The molecule has 176 valence electrons. The maximum Gasteiger partial charge on any atom is 0.295 e. The van der Waals surface area contributed by atoms with E-state index < -0.39 is 23.5 Å². The number of benzene rings is 2. The summed E-state index contributed by atoms with van der Waals surface area (Å²) < 4.78 is 8.56. The molecule has 0 aliphatic carbocycles. The van der Waals surface area contributed by atoms with Crippen LogP contribution in [0.5, 0.6) is 5.75 Å². The van der Waals surface area contributed by atoms with Crippen molar-refractivity contribution in [3.8, 4) is 5.75 Å². The average molecular weight is 524 g/mol. The van der Waals surface area contributed by atoms with Crippen LogP contribution < -0.4 is 14.4 Å². The predicted octanol–water partition coefficient (Wildman–Crippen LogP) is 3.17. The van der Waals surface area contributed by atoms with Crippen LogP contribution in [0.15, 0.2) is 77.3 Å². The first-order valence-electron chi connectivity index (χ1n) is 11.3. The Morgan fingerprint density at radius 2 is 2.00 bits per heavy atom. The fourth-order valence-corrected chi connectivity index (χ4v) is 4.35. The first-order chi connectivity index (χ1) is 16.5. The first kappa shape index (κ1) is 23.8. The SMILES string of the molecule is CCCOc1cccc(C2/C(=C(\[O-])c3ccc(Br)cc3)C(=O)C(=O)N2CCC[n+]2cc[nH]c2)c1. The Morgan fingerprint density at radius 3 is 2.71 bits per heavy atom. The van der Waals surface area contributed by atoms with Gasteiger partial charge in [-0.15, -0.1) is 0 Å². The van der Waals surface area contributed by atoms with Gasteiger partial charge < -0.3 is 14.7 Å². The van der Waals surface area contributed by atoms with Gasteiger partial charge in [-0.2, -0.15) is 0 Å². The average Bonchev–Trinajstić information content (AvgIpc) is 3.45. The largest absolute Gasteiger partial charge is 0.872 e. The lowest BCUT2D eigenvalue weighted by atomic mass is 9.95. The van der Waals surface area contributed by atoms with Gasteiger partial charge in [0.1, 0.15) is 18.1 Å². The molecule has 1 amide bonds. The molecule has 7 nitrogen and oxygen atoms in total. The van der Waals surface area contributed by atoms with Crippen molar-refractivity contribution >= 4 is 33.4 Å². The summed E-state index contributed by atoms with van der Waals surface area (Å²) in [6.45, 7) is 3.58. The van der Waals surface area contributed by atoms with Crippen LogP contribution >= 0.6 is 15.9 Å². The van der Waals surface area contributed by atoms with Crippen molar-refractivity contribution in [2.45, 2.75) is 32.4 Å². The first-order valence-corrected chi connectivity index (χ1v) is 12.1. The molecule has 1 fully saturated rings. The topological polar surface area (TPSA) is 89.3 Å². The van der Waals surface area contributed by atoms with Gasteiger partial charge in [0, 0.05) is 23.0 Å². The number of amides is 1. The van der Waals surface area contributed by atoms with E-state index in [1.165, 1.54) is 4.90 Å². The highest BCUT2D eigenvalue weighted by atomic mass is 79.9. The molecule has 2 aromatic carbocycles. The van der Waals surface area contributed by atoms with Crippen LogP contribution in [0.3, 0.4) is 0 Å². The molecule has 0 bridgehead atoms. The number of carbonyl (C=O) groups is 2. The molecule has 1 atom stereocenters. The summed E-state index contributed by atoms with van der Waals surface area (Å²) in [6, 6.07) is 13.3. The van der Waals surface area contributed by atoms with Crippen LogP contribution in [0, 0.1) is 0 Å². The third-order valence-electron chi connectivity index (χ3n) is 5.70. The van der Waals surface area contributed by atoms with E-state index >= 15 is 0 Å². The highest BCUT2D eigenvalue weighted by molar-refractivity contribution is 9.10. The highest BCUT2D eigenvalue weighted by Crippen LogP contribution is 2.39. The van der Waals surface area contributed by atoms with Gasteiger partial charge in [0.15, 0.2) is 0 Å². The number of H-pyrrole nitrogens is 1. The molecular formula is C26H26BrN3O4. The van der Waals surface area contributed by atoms with E-state index in [1.807, 2.05) is 54.5 Å². The Morgan fingerprint density at radius 1 is 1.21 bits per heavy atom. The van der Waals surface area contributed by atoms with Crippen molar-refractivity contribution in [1.82, 2.24) is 9.88 Å². The summed E-state index contributed by atoms with van der Waals surface area (Å²) >= 11 is 3.37. The van der Waals surface area contributed by atoms with E-state index in [0.717, 1.165) is 10.9 Å². The molecule has 3 aromatic rings. The fraction of sp³-hybridized carbons (Fsp3) is 0.269. The van der Waals surface area contributed by atoms with E-state index in [4.69, 9.17) is 4.74 Å². The second kappa shape index (κ2) is 10.7. The summed E-state index contributed by atoms with van der Waals surface area (Å²) in [6.07, 6.45) is 7.03. The van der Waals surface area contributed by atoms with Gasteiger partial charge in [-0.3, -0.25) is 14.6 Å².